The van der Waals surface area contributed by atoms with Gasteiger partial charge in [-0.3, -0.25) is 9.59 Å². The molecule has 1 amide bonds. The number of aryl methyl sites for hydroxylation is 1. The highest BCUT2D eigenvalue weighted by atomic mass is 16.3. The number of rotatable bonds is 5. The van der Waals surface area contributed by atoms with Crippen molar-refractivity contribution in [2.24, 2.45) is 0 Å². The Labute approximate surface area is 100 Å². The molecule has 0 aliphatic heterocycles. The van der Waals surface area contributed by atoms with Crippen molar-refractivity contribution in [1.82, 2.24) is 9.88 Å². The number of aromatic nitrogens is 1. The zero-order valence-electron chi connectivity index (χ0n) is 10.2. The standard InChI is InChI=1S/C12H18N2O3/c1-3-14(7-4-8-15)12(17)10-6-5-9(2)13-11(10)16/h5-6,15H,3-4,7-8H2,1-2H3,(H,13,16). The summed E-state index contributed by atoms with van der Waals surface area (Å²) in [5, 5.41) is 8.75. The molecular weight excluding hydrogens is 220 g/mol. The molecule has 0 bridgehead atoms. The molecule has 94 valence electrons. The van der Waals surface area contributed by atoms with Crippen molar-refractivity contribution in [3.8, 4) is 0 Å². The van der Waals surface area contributed by atoms with Crippen molar-refractivity contribution >= 4 is 5.91 Å². The third kappa shape index (κ3) is 3.42. The first-order chi connectivity index (χ1) is 8.10. The molecule has 0 atom stereocenters. The first-order valence-electron chi connectivity index (χ1n) is 5.70. The fourth-order valence-electron chi connectivity index (χ4n) is 1.58. The molecule has 0 aromatic carbocycles. The van der Waals surface area contributed by atoms with Gasteiger partial charge < -0.3 is 15.0 Å². The van der Waals surface area contributed by atoms with E-state index in [1.807, 2.05) is 6.92 Å². The minimum atomic E-state index is -0.363. The molecule has 0 fully saturated rings. The second-order valence-corrected chi connectivity index (χ2v) is 3.85. The smallest absolute Gasteiger partial charge is 0.260 e. The summed E-state index contributed by atoms with van der Waals surface area (Å²) in [4.78, 5) is 27.8. The van der Waals surface area contributed by atoms with Crippen LogP contribution in [-0.4, -0.2) is 40.6 Å². The first kappa shape index (κ1) is 13.4. The van der Waals surface area contributed by atoms with Gasteiger partial charge in [0, 0.05) is 25.4 Å². The van der Waals surface area contributed by atoms with Gasteiger partial charge >= 0.3 is 0 Å². The molecule has 1 heterocycles. The summed E-state index contributed by atoms with van der Waals surface area (Å²) in [6, 6.07) is 3.24. The lowest BCUT2D eigenvalue weighted by molar-refractivity contribution is 0.0752. The van der Waals surface area contributed by atoms with Gasteiger partial charge in [-0.15, -0.1) is 0 Å². The van der Waals surface area contributed by atoms with E-state index in [1.54, 1.807) is 17.9 Å². The average molecular weight is 238 g/mol. The maximum absolute atomic E-state index is 12.0. The second kappa shape index (κ2) is 6.20. The summed E-state index contributed by atoms with van der Waals surface area (Å²) in [6.45, 7) is 4.62. The number of hydrogen-bond donors (Lipinski definition) is 2. The Kier molecular flexibility index (Phi) is 4.90. The number of aromatic amines is 1. The number of nitrogens with zero attached hydrogens (tertiary/aromatic N) is 1. The number of carbonyl (C=O) groups excluding carboxylic acids is 1. The van der Waals surface area contributed by atoms with Gasteiger partial charge in [-0.05, 0) is 32.4 Å². The molecule has 1 rings (SSSR count). The topological polar surface area (TPSA) is 73.4 Å². The maximum Gasteiger partial charge on any atom is 0.260 e. The molecule has 0 aliphatic carbocycles. The molecular formula is C12H18N2O3. The molecule has 5 nitrogen and oxygen atoms in total. The van der Waals surface area contributed by atoms with E-state index in [-0.39, 0.29) is 23.6 Å². The van der Waals surface area contributed by atoms with Crippen LogP contribution in [0.4, 0.5) is 0 Å². The van der Waals surface area contributed by atoms with Gasteiger partial charge in [0.1, 0.15) is 5.56 Å². The number of nitrogens with one attached hydrogen (secondary N) is 1. The lowest BCUT2D eigenvalue weighted by Crippen LogP contribution is -2.35. The van der Waals surface area contributed by atoms with Crippen LogP contribution in [0.5, 0.6) is 0 Å². The summed E-state index contributed by atoms with van der Waals surface area (Å²) in [5.41, 5.74) is 0.512. The van der Waals surface area contributed by atoms with Crippen molar-refractivity contribution in [2.45, 2.75) is 20.3 Å². The number of carbonyl (C=O) groups is 1. The van der Waals surface area contributed by atoms with Crippen molar-refractivity contribution in [2.75, 3.05) is 19.7 Å². The van der Waals surface area contributed by atoms with E-state index >= 15 is 0 Å². The molecule has 0 saturated heterocycles. The number of amides is 1. The van der Waals surface area contributed by atoms with Gasteiger partial charge in [0.05, 0.1) is 0 Å². The zero-order chi connectivity index (χ0) is 12.8. The summed E-state index contributed by atoms with van der Waals surface area (Å²) < 4.78 is 0. The van der Waals surface area contributed by atoms with Gasteiger partial charge in [-0.1, -0.05) is 0 Å². The number of hydrogen-bond acceptors (Lipinski definition) is 3. The summed E-state index contributed by atoms with van der Waals surface area (Å²) in [5.74, 6) is -0.290. The predicted octanol–water partition coefficient (Wildman–Crippen LogP) is 0.528. The molecule has 1 aromatic rings. The molecule has 5 heteroatoms. The fraction of sp³-hybridized carbons (Fsp3) is 0.500. The highest BCUT2D eigenvalue weighted by Gasteiger charge is 2.16. The maximum atomic E-state index is 12.0. The molecule has 17 heavy (non-hydrogen) atoms. The number of aliphatic hydroxyl groups excluding tert-OH is 1. The van der Waals surface area contributed by atoms with Gasteiger partial charge in [-0.2, -0.15) is 0 Å². The van der Waals surface area contributed by atoms with E-state index in [2.05, 4.69) is 4.98 Å². The normalized spacial score (nSPS) is 10.3. The van der Waals surface area contributed by atoms with Crippen molar-refractivity contribution in [3.05, 3.63) is 33.7 Å². The van der Waals surface area contributed by atoms with Gasteiger partial charge in [0.25, 0.3) is 11.5 Å². The number of H-pyrrole nitrogens is 1. The van der Waals surface area contributed by atoms with Gasteiger partial charge in [-0.25, -0.2) is 0 Å². The minimum absolute atomic E-state index is 0.0357. The van der Waals surface area contributed by atoms with E-state index < -0.39 is 0 Å². The quantitative estimate of drug-likeness (QED) is 0.785. The van der Waals surface area contributed by atoms with E-state index in [0.717, 1.165) is 5.69 Å². The van der Waals surface area contributed by atoms with Crippen LogP contribution in [-0.2, 0) is 0 Å². The second-order valence-electron chi connectivity index (χ2n) is 3.85. The first-order valence-corrected chi connectivity index (χ1v) is 5.70. The highest BCUT2D eigenvalue weighted by molar-refractivity contribution is 5.93. The van der Waals surface area contributed by atoms with Crippen molar-refractivity contribution in [1.29, 1.82) is 0 Å². The third-order valence-electron chi connectivity index (χ3n) is 2.54. The van der Waals surface area contributed by atoms with E-state index in [4.69, 9.17) is 5.11 Å². The fourth-order valence-corrected chi connectivity index (χ4v) is 1.58. The van der Waals surface area contributed by atoms with E-state index in [0.29, 0.717) is 19.5 Å². The zero-order valence-corrected chi connectivity index (χ0v) is 10.2. The lowest BCUT2D eigenvalue weighted by atomic mass is 10.2. The molecule has 1 aromatic heterocycles. The Balaban J connectivity index is 2.90. The van der Waals surface area contributed by atoms with E-state index in [1.165, 1.54) is 6.07 Å². The summed E-state index contributed by atoms with van der Waals surface area (Å²) >= 11 is 0. The van der Waals surface area contributed by atoms with Crippen LogP contribution in [0, 0.1) is 6.92 Å². The Morgan fingerprint density at radius 2 is 2.18 bits per heavy atom. The van der Waals surface area contributed by atoms with Gasteiger partial charge in [0.15, 0.2) is 0 Å². The van der Waals surface area contributed by atoms with Crippen LogP contribution in [0.1, 0.15) is 29.4 Å². The van der Waals surface area contributed by atoms with Crippen LogP contribution < -0.4 is 5.56 Å². The molecule has 0 unspecified atom stereocenters. The molecule has 0 saturated carbocycles. The summed E-state index contributed by atoms with van der Waals surface area (Å²) in [6.07, 6.45) is 0.517. The third-order valence-corrected chi connectivity index (χ3v) is 2.54. The van der Waals surface area contributed by atoms with Crippen molar-refractivity contribution in [3.63, 3.8) is 0 Å². The number of aliphatic hydroxyl groups is 1. The Hall–Kier alpha value is -1.62. The average Bonchev–Trinajstić information content (AvgIpc) is 2.29. The largest absolute Gasteiger partial charge is 0.396 e. The van der Waals surface area contributed by atoms with Crippen molar-refractivity contribution < 1.29 is 9.90 Å². The monoisotopic (exact) mass is 238 g/mol. The highest BCUT2D eigenvalue weighted by Crippen LogP contribution is 2.01. The summed E-state index contributed by atoms with van der Waals surface area (Å²) in [7, 11) is 0. The SMILES string of the molecule is CCN(CCCO)C(=O)c1ccc(C)[nH]c1=O. The van der Waals surface area contributed by atoms with Crippen LogP contribution in [0.3, 0.4) is 0 Å². The lowest BCUT2D eigenvalue weighted by Gasteiger charge is -2.19. The molecule has 2 N–H and O–H groups in total. The Morgan fingerprint density at radius 1 is 1.47 bits per heavy atom. The Morgan fingerprint density at radius 3 is 2.71 bits per heavy atom. The van der Waals surface area contributed by atoms with Crippen LogP contribution in [0.2, 0.25) is 0 Å². The van der Waals surface area contributed by atoms with Crippen LogP contribution >= 0.6 is 0 Å². The molecule has 0 radical (unpaired) electrons. The number of pyridine rings is 1. The minimum Gasteiger partial charge on any atom is -0.396 e. The van der Waals surface area contributed by atoms with E-state index in [9.17, 15) is 9.59 Å². The van der Waals surface area contributed by atoms with Crippen LogP contribution in [0.15, 0.2) is 16.9 Å². The predicted molar refractivity (Wildman–Crippen MR) is 65.1 cm³/mol. The van der Waals surface area contributed by atoms with Gasteiger partial charge in [0.2, 0.25) is 0 Å². The molecule has 0 spiro atoms. The Bertz CT molecular complexity index is 440. The molecule has 0 aliphatic rings. The van der Waals surface area contributed by atoms with Crippen LogP contribution in [0.25, 0.3) is 0 Å².